The van der Waals surface area contributed by atoms with Crippen LogP contribution in [0.15, 0.2) is 12.1 Å². The lowest BCUT2D eigenvalue weighted by Crippen LogP contribution is -1.99. The summed E-state index contributed by atoms with van der Waals surface area (Å²) in [5, 5.41) is 10.6. The molecule has 0 saturated heterocycles. The molecule has 0 amide bonds. The number of aryl methyl sites for hydroxylation is 1. The van der Waals surface area contributed by atoms with Crippen LogP contribution >= 0.6 is 23.6 Å². The number of aromatic nitrogens is 1. The molecule has 0 aliphatic heterocycles. The first-order valence-electron chi connectivity index (χ1n) is 4.72. The van der Waals surface area contributed by atoms with E-state index in [1.807, 2.05) is 0 Å². The number of fused-ring (bicyclic) bond motifs is 1. The molecule has 0 unspecified atom stereocenters. The van der Waals surface area contributed by atoms with Crippen LogP contribution in [0.2, 0.25) is 0 Å². The van der Waals surface area contributed by atoms with Gasteiger partial charge in [-0.05, 0) is 36.2 Å². The molecular weight excluding hydrogens is 260 g/mol. The number of rotatable bonds is 4. The molecule has 2 rings (SSSR count). The summed E-state index contributed by atoms with van der Waals surface area (Å²) in [7, 11) is 0. The van der Waals surface area contributed by atoms with Gasteiger partial charge in [0, 0.05) is 23.7 Å². The van der Waals surface area contributed by atoms with Gasteiger partial charge in [-0.3, -0.25) is 0 Å². The Morgan fingerprint density at radius 2 is 2.35 bits per heavy atom. The topological polar surface area (TPSA) is 71.5 Å². The summed E-state index contributed by atoms with van der Waals surface area (Å²) >= 11 is 2.43. The zero-order valence-corrected chi connectivity index (χ0v) is 10.8. The number of hydrogen-bond donors (Lipinski definition) is 2. The van der Waals surface area contributed by atoms with Gasteiger partial charge in [-0.2, -0.15) is 4.37 Å². The average molecular weight is 270 g/mol. The molecule has 0 spiro atoms. The standard InChI is InChI=1S/C10H10N2O3S2/c1-5-3-7-8(4-6(5)10(13)14)12-17-9(7)11-15-16-2/h3-4,11H,1-2H3,(H,13,14). The molecule has 0 saturated carbocycles. The molecule has 90 valence electrons. The molecule has 0 aliphatic carbocycles. The molecule has 0 aliphatic rings. The highest BCUT2D eigenvalue weighted by Crippen LogP contribution is 2.30. The van der Waals surface area contributed by atoms with Crippen molar-refractivity contribution in [3.63, 3.8) is 0 Å². The second-order valence-electron chi connectivity index (χ2n) is 3.35. The third-order valence-electron chi connectivity index (χ3n) is 2.27. The highest BCUT2D eigenvalue weighted by Gasteiger charge is 2.13. The molecule has 2 aromatic rings. The maximum atomic E-state index is 11.0. The molecule has 1 aromatic carbocycles. The summed E-state index contributed by atoms with van der Waals surface area (Å²) in [6.45, 7) is 1.76. The van der Waals surface area contributed by atoms with Crippen molar-refractivity contribution in [1.82, 2.24) is 4.37 Å². The molecule has 17 heavy (non-hydrogen) atoms. The summed E-state index contributed by atoms with van der Waals surface area (Å²) in [6.07, 6.45) is 1.80. The quantitative estimate of drug-likeness (QED) is 0.657. The number of benzene rings is 1. The second-order valence-corrected chi connectivity index (χ2v) is 4.63. The van der Waals surface area contributed by atoms with Gasteiger partial charge in [-0.25, -0.2) is 14.6 Å². The lowest BCUT2D eigenvalue weighted by Gasteiger charge is -2.03. The van der Waals surface area contributed by atoms with Gasteiger partial charge in [-0.15, -0.1) is 0 Å². The van der Waals surface area contributed by atoms with E-state index in [1.165, 1.54) is 23.6 Å². The van der Waals surface area contributed by atoms with Gasteiger partial charge in [0.05, 0.1) is 11.1 Å². The Morgan fingerprint density at radius 3 is 3.00 bits per heavy atom. The van der Waals surface area contributed by atoms with Crippen molar-refractivity contribution >= 4 is 45.4 Å². The van der Waals surface area contributed by atoms with E-state index in [4.69, 9.17) is 9.39 Å². The zero-order chi connectivity index (χ0) is 12.4. The van der Waals surface area contributed by atoms with Gasteiger partial charge >= 0.3 is 5.97 Å². The van der Waals surface area contributed by atoms with Crippen molar-refractivity contribution in [3.05, 3.63) is 23.3 Å². The van der Waals surface area contributed by atoms with E-state index >= 15 is 0 Å². The lowest BCUT2D eigenvalue weighted by atomic mass is 10.1. The second kappa shape index (κ2) is 4.91. The minimum atomic E-state index is -0.938. The maximum absolute atomic E-state index is 11.0. The van der Waals surface area contributed by atoms with Crippen LogP contribution < -0.4 is 5.48 Å². The van der Waals surface area contributed by atoms with Crippen molar-refractivity contribution in [3.8, 4) is 0 Å². The van der Waals surface area contributed by atoms with Crippen molar-refractivity contribution in [1.29, 1.82) is 0 Å². The first-order valence-corrected chi connectivity index (χ1v) is 6.65. The maximum Gasteiger partial charge on any atom is 0.336 e. The Labute approximate surface area is 106 Å². The fourth-order valence-electron chi connectivity index (χ4n) is 1.48. The van der Waals surface area contributed by atoms with Crippen LogP contribution in [0.4, 0.5) is 5.00 Å². The Hall–Kier alpha value is -1.31. The summed E-state index contributed by atoms with van der Waals surface area (Å²) < 4.78 is 9.21. The van der Waals surface area contributed by atoms with E-state index in [0.29, 0.717) is 11.1 Å². The van der Waals surface area contributed by atoms with Crippen molar-refractivity contribution in [2.75, 3.05) is 11.7 Å². The zero-order valence-electron chi connectivity index (χ0n) is 9.18. The van der Waals surface area contributed by atoms with E-state index < -0.39 is 5.97 Å². The van der Waals surface area contributed by atoms with E-state index in [2.05, 4.69) is 9.85 Å². The summed E-state index contributed by atoms with van der Waals surface area (Å²) in [5.74, 6) is -0.938. The summed E-state index contributed by atoms with van der Waals surface area (Å²) in [4.78, 5) is 11.0. The number of carbonyl (C=O) groups is 1. The molecule has 0 atom stereocenters. The van der Waals surface area contributed by atoms with Crippen molar-refractivity contribution < 1.29 is 14.2 Å². The van der Waals surface area contributed by atoms with E-state index in [1.54, 1.807) is 25.3 Å². The van der Waals surface area contributed by atoms with Crippen LogP contribution in [-0.2, 0) is 4.28 Å². The number of nitrogens with zero attached hydrogens (tertiary/aromatic N) is 1. The Morgan fingerprint density at radius 1 is 1.59 bits per heavy atom. The minimum absolute atomic E-state index is 0.278. The SMILES string of the molecule is CSONc1snc2cc(C(=O)O)c(C)cc12. The third kappa shape index (κ3) is 2.36. The van der Waals surface area contributed by atoms with Crippen LogP contribution in [0.5, 0.6) is 0 Å². The Balaban J connectivity index is 2.48. The van der Waals surface area contributed by atoms with Gasteiger partial charge in [0.2, 0.25) is 0 Å². The molecule has 0 bridgehead atoms. The normalized spacial score (nSPS) is 10.7. The minimum Gasteiger partial charge on any atom is -0.478 e. The molecule has 0 radical (unpaired) electrons. The fourth-order valence-corrected chi connectivity index (χ4v) is 2.38. The summed E-state index contributed by atoms with van der Waals surface area (Å²) in [6, 6.07) is 3.38. The van der Waals surface area contributed by atoms with Gasteiger partial charge in [-0.1, -0.05) is 0 Å². The van der Waals surface area contributed by atoms with Crippen molar-refractivity contribution in [2.45, 2.75) is 6.92 Å². The number of aromatic carboxylic acids is 1. The predicted molar refractivity (Wildman–Crippen MR) is 69.5 cm³/mol. The van der Waals surface area contributed by atoms with Crippen LogP contribution in [0.1, 0.15) is 15.9 Å². The molecular formula is C10H10N2O3S2. The smallest absolute Gasteiger partial charge is 0.336 e. The Bertz CT molecular complexity index is 568. The Kier molecular flexibility index (Phi) is 3.51. The molecule has 7 heteroatoms. The van der Waals surface area contributed by atoms with Gasteiger partial charge in [0.15, 0.2) is 0 Å². The average Bonchev–Trinajstić information content (AvgIpc) is 2.67. The van der Waals surface area contributed by atoms with E-state index in [0.717, 1.165) is 10.4 Å². The van der Waals surface area contributed by atoms with Crippen LogP contribution in [0, 0.1) is 6.92 Å². The number of carboxylic acids is 1. The largest absolute Gasteiger partial charge is 0.478 e. The number of hydrogen-bond acceptors (Lipinski definition) is 6. The monoisotopic (exact) mass is 270 g/mol. The third-order valence-corrected chi connectivity index (χ3v) is 3.29. The number of anilines is 1. The lowest BCUT2D eigenvalue weighted by molar-refractivity contribution is 0.0696. The van der Waals surface area contributed by atoms with Crippen LogP contribution in [-0.4, -0.2) is 21.7 Å². The molecule has 2 N–H and O–H groups in total. The van der Waals surface area contributed by atoms with Gasteiger partial charge in [0.25, 0.3) is 0 Å². The first kappa shape index (κ1) is 12.2. The summed E-state index contributed by atoms with van der Waals surface area (Å²) in [5.41, 5.74) is 4.41. The van der Waals surface area contributed by atoms with Crippen LogP contribution in [0.25, 0.3) is 10.9 Å². The first-order chi connectivity index (χ1) is 8.13. The van der Waals surface area contributed by atoms with Crippen molar-refractivity contribution in [2.24, 2.45) is 0 Å². The van der Waals surface area contributed by atoms with Crippen LogP contribution in [0.3, 0.4) is 0 Å². The molecule has 0 fully saturated rings. The molecule has 1 heterocycles. The molecule has 5 nitrogen and oxygen atoms in total. The number of carboxylic acid groups (broad SMARTS) is 1. The fraction of sp³-hybridized carbons (Fsp3) is 0.200. The highest BCUT2D eigenvalue weighted by molar-refractivity contribution is 7.93. The van der Waals surface area contributed by atoms with E-state index in [9.17, 15) is 4.79 Å². The molecule has 1 aromatic heterocycles. The van der Waals surface area contributed by atoms with Gasteiger partial charge in [0.1, 0.15) is 5.00 Å². The predicted octanol–water partition coefficient (Wildman–Crippen LogP) is 2.92. The number of nitrogens with one attached hydrogen (secondary N) is 1. The van der Waals surface area contributed by atoms with Gasteiger partial charge < -0.3 is 5.11 Å². The van der Waals surface area contributed by atoms with E-state index in [-0.39, 0.29) is 5.56 Å². The highest BCUT2D eigenvalue weighted by atomic mass is 32.2.